The van der Waals surface area contributed by atoms with Crippen molar-refractivity contribution in [2.24, 2.45) is 0 Å². The second-order valence-electron chi connectivity index (χ2n) is 2.78. The first-order chi connectivity index (χ1) is 7.00. The molecule has 0 aliphatic heterocycles. The SMILES string of the molecule is CCCOC1=C(Cl)C(=O)C(Cl)=C(Cl)C1=O. The molecule has 0 amide bonds. The average molecular weight is 270 g/mol. The minimum Gasteiger partial charge on any atom is -0.488 e. The second-order valence-corrected chi connectivity index (χ2v) is 3.91. The number of hydrogen-bond donors (Lipinski definition) is 0. The van der Waals surface area contributed by atoms with E-state index in [1.54, 1.807) is 0 Å². The third-order valence-electron chi connectivity index (χ3n) is 1.65. The van der Waals surface area contributed by atoms with Gasteiger partial charge >= 0.3 is 0 Å². The summed E-state index contributed by atoms with van der Waals surface area (Å²) in [6.07, 6.45) is 0.685. The van der Waals surface area contributed by atoms with Gasteiger partial charge in [-0.3, -0.25) is 9.59 Å². The van der Waals surface area contributed by atoms with Crippen LogP contribution in [-0.2, 0) is 14.3 Å². The van der Waals surface area contributed by atoms with E-state index in [1.165, 1.54) is 0 Å². The summed E-state index contributed by atoms with van der Waals surface area (Å²) in [4.78, 5) is 22.9. The van der Waals surface area contributed by atoms with Crippen molar-refractivity contribution >= 4 is 46.4 Å². The van der Waals surface area contributed by atoms with Crippen molar-refractivity contribution in [3.8, 4) is 0 Å². The van der Waals surface area contributed by atoms with Crippen LogP contribution >= 0.6 is 34.8 Å². The molecule has 0 spiro atoms. The van der Waals surface area contributed by atoms with Gasteiger partial charge in [0, 0.05) is 0 Å². The Morgan fingerprint density at radius 3 is 2.07 bits per heavy atom. The number of Topliss-reactive ketones (excluding diaryl/α,β-unsaturated/α-hetero) is 2. The largest absolute Gasteiger partial charge is 0.488 e. The number of halogens is 3. The van der Waals surface area contributed by atoms with Gasteiger partial charge in [-0.2, -0.15) is 0 Å². The standard InChI is InChI=1S/C9H7Cl3O3/c1-2-3-15-9-6(12)7(13)4(10)5(11)8(9)14/h2-3H2,1H3. The van der Waals surface area contributed by atoms with Crippen LogP contribution in [0.3, 0.4) is 0 Å². The maximum atomic E-state index is 11.5. The van der Waals surface area contributed by atoms with Crippen molar-refractivity contribution in [3.05, 3.63) is 20.9 Å². The lowest BCUT2D eigenvalue weighted by molar-refractivity contribution is -0.118. The van der Waals surface area contributed by atoms with Gasteiger partial charge in [-0.1, -0.05) is 41.7 Å². The second kappa shape index (κ2) is 5.01. The molecule has 0 N–H and O–H groups in total. The van der Waals surface area contributed by atoms with Gasteiger partial charge in [0.15, 0.2) is 5.76 Å². The number of ketones is 2. The van der Waals surface area contributed by atoms with E-state index in [4.69, 9.17) is 39.5 Å². The molecule has 0 aromatic carbocycles. The number of ether oxygens (including phenoxy) is 1. The van der Waals surface area contributed by atoms with E-state index in [9.17, 15) is 9.59 Å². The Bertz CT molecular complexity index is 382. The van der Waals surface area contributed by atoms with Crippen LogP contribution in [-0.4, -0.2) is 18.2 Å². The van der Waals surface area contributed by atoms with Crippen LogP contribution in [0.5, 0.6) is 0 Å². The predicted octanol–water partition coefficient (Wildman–Crippen LogP) is 2.70. The van der Waals surface area contributed by atoms with Gasteiger partial charge in [-0.25, -0.2) is 0 Å². The van der Waals surface area contributed by atoms with Crippen molar-refractivity contribution in [2.75, 3.05) is 6.61 Å². The van der Waals surface area contributed by atoms with Crippen LogP contribution in [0.2, 0.25) is 0 Å². The van der Waals surface area contributed by atoms with Crippen LogP contribution in [0, 0.1) is 0 Å². The molecular formula is C9H7Cl3O3. The van der Waals surface area contributed by atoms with Crippen molar-refractivity contribution in [1.29, 1.82) is 0 Å². The van der Waals surface area contributed by atoms with E-state index in [2.05, 4.69) is 0 Å². The van der Waals surface area contributed by atoms with Crippen LogP contribution in [0.1, 0.15) is 13.3 Å². The zero-order valence-corrected chi connectivity index (χ0v) is 10.0. The molecule has 0 aromatic heterocycles. The van der Waals surface area contributed by atoms with Gasteiger partial charge < -0.3 is 4.74 Å². The molecule has 0 atom stereocenters. The van der Waals surface area contributed by atoms with Gasteiger partial charge in [0.2, 0.25) is 11.6 Å². The highest BCUT2D eigenvalue weighted by molar-refractivity contribution is 6.64. The molecule has 1 aliphatic rings. The minimum absolute atomic E-state index is 0.224. The van der Waals surface area contributed by atoms with Gasteiger partial charge in [-0.05, 0) is 6.42 Å². The van der Waals surface area contributed by atoms with E-state index in [0.717, 1.165) is 0 Å². The zero-order chi connectivity index (χ0) is 11.6. The Morgan fingerprint density at radius 2 is 1.53 bits per heavy atom. The number of rotatable bonds is 3. The topological polar surface area (TPSA) is 43.4 Å². The molecule has 15 heavy (non-hydrogen) atoms. The molecule has 1 aliphatic carbocycles. The molecule has 0 bridgehead atoms. The Hall–Kier alpha value is -0.510. The summed E-state index contributed by atoms with van der Waals surface area (Å²) >= 11 is 16.7. The maximum Gasteiger partial charge on any atom is 0.242 e. The monoisotopic (exact) mass is 268 g/mol. The number of carbonyl (C=O) groups is 2. The fourth-order valence-electron chi connectivity index (χ4n) is 0.931. The van der Waals surface area contributed by atoms with Gasteiger partial charge in [0.25, 0.3) is 0 Å². The molecule has 3 nitrogen and oxygen atoms in total. The quantitative estimate of drug-likeness (QED) is 0.740. The van der Waals surface area contributed by atoms with Crippen LogP contribution in [0.4, 0.5) is 0 Å². The third-order valence-corrected chi connectivity index (χ3v) is 2.81. The molecule has 82 valence electrons. The van der Waals surface area contributed by atoms with Gasteiger partial charge in [0.1, 0.15) is 15.1 Å². The molecule has 0 saturated heterocycles. The Kier molecular flexibility index (Phi) is 4.20. The van der Waals surface area contributed by atoms with E-state index >= 15 is 0 Å². The molecule has 6 heteroatoms. The number of carbonyl (C=O) groups excluding carboxylic acids is 2. The normalized spacial score (nSPS) is 17.6. The zero-order valence-electron chi connectivity index (χ0n) is 7.77. The highest BCUT2D eigenvalue weighted by atomic mass is 35.5. The predicted molar refractivity (Wildman–Crippen MR) is 57.9 cm³/mol. The van der Waals surface area contributed by atoms with Crippen LogP contribution in [0.25, 0.3) is 0 Å². The lowest BCUT2D eigenvalue weighted by Crippen LogP contribution is -2.19. The highest BCUT2D eigenvalue weighted by Gasteiger charge is 2.33. The molecule has 0 radical (unpaired) electrons. The molecule has 0 unspecified atom stereocenters. The third kappa shape index (κ3) is 2.36. The van der Waals surface area contributed by atoms with Crippen molar-refractivity contribution in [2.45, 2.75) is 13.3 Å². The molecular weight excluding hydrogens is 262 g/mol. The summed E-state index contributed by atoms with van der Waals surface area (Å²) < 4.78 is 5.05. The van der Waals surface area contributed by atoms with Crippen LogP contribution in [0.15, 0.2) is 20.9 Å². The summed E-state index contributed by atoms with van der Waals surface area (Å²) in [6, 6.07) is 0. The molecule has 0 saturated carbocycles. The first kappa shape index (κ1) is 12.6. The minimum atomic E-state index is -0.686. The Morgan fingerprint density at radius 1 is 1.00 bits per heavy atom. The molecule has 0 heterocycles. The summed E-state index contributed by atoms with van der Waals surface area (Å²) in [5, 5.41) is -1.03. The summed E-state index contributed by atoms with van der Waals surface area (Å²) in [7, 11) is 0. The number of hydrogen-bond acceptors (Lipinski definition) is 3. The summed E-state index contributed by atoms with van der Waals surface area (Å²) in [5.74, 6) is -1.56. The number of allylic oxidation sites excluding steroid dienone is 3. The fourth-order valence-corrected chi connectivity index (χ4v) is 1.57. The van der Waals surface area contributed by atoms with Crippen molar-refractivity contribution in [1.82, 2.24) is 0 Å². The first-order valence-corrected chi connectivity index (χ1v) is 5.31. The van der Waals surface area contributed by atoms with Crippen LogP contribution < -0.4 is 0 Å². The molecule has 0 fully saturated rings. The first-order valence-electron chi connectivity index (χ1n) is 4.18. The Labute approximate surface area is 102 Å². The molecule has 0 aromatic rings. The average Bonchev–Trinajstić information content (AvgIpc) is 2.24. The maximum absolute atomic E-state index is 11.5. The lowest BCUT2D eigenvalue weighted by Gasteiger charge is -2.14. The lowest BCUT2D eigenvalue weighted by atomic mass is 10.1. The van der Waals surface area contributed by atoms with E-state index < -0.39 is 11.6 Å². The van der Waals surface area contributed by atoms with E-state index in [0.29, 0.717) is 6.42 Å². The van der Waals surface area contributed by atoms with Gasteiger partial charge in [-0.15, -0.1) is 0 Å². The van der Waals surface area contributed by atoms with Crippen molar-refractivity contribution < 1.29 is 14.3 Å². The van der Waals surface area contributed by atoms with Crippen molar-refractivity contribution in [3.63, 3.8) is 0 Å². The smallest absolute Gasteiger partial charge is 0.242 e. The fraction of sp³-hybridized carbons (Fsp3) is 0.333. The van der Waals surface area contributed by atoms with E-state index in [-0.39, 0.29) is 27.5 Å². The van der Waals surface area contributed by atoms with E-state index in [1.807, 2.05) is 6.92 Å². The van der Waals surface area contributed by atoms with Gasteiger partial charge in [0.05, 0.1) is 6.61 Å². The molecule has 1 rings (SSSR count). The highest BCUT2D eigenvalue weighted by Crippen LogP contribution is 2.31. The summed E-state index contributed by atoms with van der Waals surface area (Å²) in [6.45, 7) is 2.14. The Balaban J connectivity index is 3.05. The summed E-state index contributed by atoms with van der Waals surface area (Å²) in [5.41, 5.74) is 0.